The minimum Gasteiger partial charge on any atom is -0.749 e. The molecular formula is O7S3-2. The van der Waals surface area contributed by atoms with E-state index in [4.69, 9.17) is 0 Å². The van der Waals surface area contributed by atoms with Crippen molar-refractivity contribution < 1.29 is 29.0 Å². The molecule has 0 rings (SSSR count). The molecule has 0 spiro atoms. The zero-order valence-electron chi connectivity index (χ0n) is 4.08. The Balaban J connectivity index is 3.65. The average Bonchev–Trinajstić information content (AvgIpc) is 1.58. The Labute approximate surface area is 63.6 Å². The highest BCUT2D eigenvalue weighted by Gasteiger charge is 1.99. The highest BCUT2D eigenvalue weighted by atomic mass is 32.3. The predicted octanol–water partition coefficient (Wildman–Crippen LogP) is -1.81. The Hall–Kier alpha value is 0.290. The van der Waals surface area contributed by atoms with Crippen LogP contribution in [0.25, 0.3) is 0 Å². The third-order valence-corrected chi connectivity index (χ3v) is 2.00. The molecule has 0 aromatic carbocycles. The van der Waals surface area contributed by atoms with Gasteiger partial charge in [-0.25, -0.2) is 8.42 Å². The lowest BCUT2D eigenvalue weighted by Gasteiger charge is -2.04. The van der Waals surface area contributed by atoms with Crippen LogP contribution in [0.15, 0.2) is 0 Å². The average molecular weight is 208 g/mol. The van der Waals surface area contributed by atoms with E-state index in [0.29, 0.717) is 0 Å². The maximum absolute atomic E-state index is 9.94. The van der Waals surface area contributed by atoms with Crippen LogP contribution in [0.2, 0.25) is 0 Å². The molecule has 10 heavy (non-hydrogen) atoms. The first kappa shape index (κ1) is 10.3. The first-order valence-electron chi connectivity index (χ1n) is 1.50. The molecule has 0 saturated carbocycles. The number of hydrogen-bond acceptors (Lipinski definition) is 7. The van der Waals surface area contributed by atoms with Crippen molar-refractivity contribution in [1.82, 2.24) is 0 Å². The molecule has 0 saturated heterocycles. The predicted molar refractivity (Wildman–Crippen MR) is 28.2 cm³/mol. The van der Waals surface area contributed by atoms with E-state index in [1.165, 1.54) is 0 Å². The largest absolute Gasteiger partial charge is 0.749 e. The quantitative estimate of drug-likeness (QED) is 0.499. The van der Waals surface area contributed by atoms with Gasteiger partial charge in [-0.3, -0.25) is 0 Å². The molecule has 0 radical (unpaired) electrons. The fraction of sp³-hybridized carbons (Fsp3) is 0. The van der Waals surface area contributed by atoms with Gasteiger partial charge in [0.2, 0.25) is 0 Å². The van der Waals surface area contributed by atoms with E-state index in [0.717, 1.165) is 0 Å². The maximum Gasteiger partial charge on any atom is 0.330 e. The molecule has 62 valence electrons. The second-order valence-corrected chi connectivity index (χ2v) is 3.06. The van der Waals surface area contributed by atoms with Crippen molar-refractivity contribution >= 4 is 34.1 Å². The highest BCUT2D eigenvalue weighted by molar-refractivity contribution is 7.93. The second kappa shape index (κ2) is 5.01. The molecule has 0 aliphatic heterocycles. The summed E-state index contributed by atoms with van der Waals surface area (Å²) < 4.78 is 54.6. The van der Waals surface area contributed by atoms with E-state index >= 15 is 0 Å². The van der Waals surface area contributed by atoms with Gasteiger partial charge in [-0.2, -0.15) is 11.5 Å². The summed E-state index contributed by atoms with van der Waals surface area (Å²) in [6, 6.07) is 0. The smallest absolute Gasteiger partial charge is 0.330 e. The Morgan fingerprint density at radius 1 is 0.900 bits per heavy atom. The summed E-state index contributed by atoms with van der Waals surface area (Å²) in [7, 11) is 0. The van der Waals surface area contributed by atoms with Gasteiger partial charge in [-0.1, -0.05) is 0 Å². The molecule has 0 fully saturated rings. The molecule has 0 aliphatic carbocycles. The van der Waals surface area contributed by atoms with Crippen molar-refractivity contribution in [3.05, 3.63) is 0 Å². The van der Waals surface area contributed by atoms with E-state index in [2.05, 4.69) is 7.26 Å². The summed E-state index contributed by atoms with van der Waals surface area (Å²) in [4.78, 5) is 0. The van der Waals surface area contributed by atoms with Crippen LogP contribution in [0.4, 0.5) is 0 Å². The maximum atomic E-state index is 9.94. The van der Waals surface area contributed by atoms with Gasteiger partial charge in [0.15, 0.2) is 0 Å². The van der Waals surface area contributed by atoms with Gasteiger partial charge in [0.1, 0.15) is 22.7 Å². The lowest BCUT2D eigenvalue weighted by molar-refractivity contribution is 0.403. The van der Waals surface area contributed by atoms with E-state index in [1.807, 2.05) is 0 Å². The molecule has 2 atom stereocenters. The fourth-order valence-corrected chi connectivity index (χ4v) is 1.12. The van der Waals surface area contributed by atoms with Crippen molar-refractivity contribution in [1.29, 1.82) is 0 Å². The topological polar surface area (TPSA) is 116 Å². The zero-order valence-corrected chi connectivity index (χ0v) is 6.53. The summed E-state index contributed by atoms with van der Waals surface area (Å²) in [5.41, 5.74) is 0. The molecule has 0 amide bonds. The van der Waals surface area contributed by atoms with Crippen molar-refractivity contribution in [3.8, 4) is 0 Å². The van der Waals surface area contributed by atoms with Crippen LogP contribution in [0.3, 0.4) is 0 Å². The first-order valence-corrected chi connectivity index (χ1v) is 4.50. The summed E-state index contributed by atoms with van der Waals surface area (Å²) >= 11 is -8.93. The molecule has 0 heterocycles. The number of hydrogen-bond donors (Lipinski definition) is 0. The van der Waals surface area contributed by atoms with Crippen LogP contribution in [0.1, 0.15) is 0 Å². The Morgan fingerprint density at radius 3 is 1.40 bits per heavy atom. The van der Waals surface area contributed by atoms with Gasteiger partial charge >= 0.3 is 11.4 Å². The fourth-order valence-electron chi connectivity index (χ4n) is 0.102. The Kier molecular flexibility index (Phi) is 5.15. The summed E-state index contributed by atoms with van der Waals surface area (Å²) in [5.74, 6) is 0. The zero-order chi connectivity index (χ0) is 8.15. The summed E-state index contributed by atoms with van der Waals surface area (Å²) in [6.07, 6.45) is 0. The van der Waals surface area contributed by atoms with Crippen LogP contribution >= 0.6 is 0 Å². The van der Waals surface area contributed by atoms with E-state index in [1.54, 1.807) is 0 Å². The molecule has 0 aromatic rings. The van der Waals surface area contributed by atoms with Gasteiger partial charge < -0.3 is 9.11 Å². The molecule has 0 aromatic heterocycles. The normalized spacial score (nSPS) is 19.8. The molecular weight excluding hydrogens is 208 g/mol. The van der Waals surface area contributed by atoms with E-state index in [-0.39, 0.29) is 0 Å². The van der Waals surface area contributed by atoms with Gasteiger partial charge in [-0.15, -0.1) is 0 Å². The molecule has 2 unspecified atom stereocenters. The summed E-state index contributed by atoms with van der Waals surface area (Å²) in [6.45, 7) is 0. The SMILES string of the molecule is O=S([O-])OS(=O)OS(=O)[O-]. The van der Waals surface area contributed by atoms with Crippen LogP contribution in [0, 0.1) is 0 Å². The third kappa shape index (κ3) is 6.41. The van der Waals surface area contributed by atoms with Crippen molar-refractivity contribution in [3.63, 3.8) is 0 Å². The monoisotopic (exact) mass is 208 g/mol. The minimum absolute atomic E-state index is 2.81. The second-order valence-electron chi connectivity index (χ2n) is 0.748. The molecule has 7 nitrogen and oxygen atoms in total. The molecule has 0 aliphatic rings. The lowest BCUT2D eigenvalue weighted by Crippen LogP contribution is -2.05. The van der Waals surface area contributed by atoms with E-state index in [9.17, 15) is 21.7 Å². The Morgan fingerprint density at radius 2 is 1.20 bits per heavy atom. The van der Waals surface area contributed by atoms with Crippen LogP contribution in [-0.4, -0.2) is 21.7 Å². The van der Waals surface area contributed by atoms with E-state index < -0.39 is 34.1 Å². The first-order chi connectivity index (χ1) is 4.52. The minimum atomic E-state index is -3.06. The molecule has 10 heteroatoms. The molecule has 0 bridgehead atoms. The van der Waals surface area contributed by atoms with Gasteiger partial charge in [0, 0.05) is 0 Å². The van der Waals surface area contributed by atoms with Crippen molar-refractivity contribution in [2.45, 2.75) is 0 Å². The Bertz CT molecular complexity index is 152. The van der Waals surface area contributed by atoms with Crippen LogP contribution < -0.4 is 0 Å². The van der Waals surface area contributed by atoms with Gasteiger partial charge in [0.05, 0.1) is 0 Å². The highest BCUT2D eigenvalue weighted by Crippen LogP contribution is 1.92. The third-order valence-electron chi connectivity index (χ3n) is 0.222. The van der Waals surface area contributed by atoms with Crippen molar-refractivity contribution in [2.75, 3.05) is 0 Å². The van der Waals surface area contributed by atoms with Crippen molar-refractivity contribution in [2.24, 2.45) is 0 Å². The van der Waals surface area contributed by atoms with Gasteiger partial charge in [0.25, 0.3) is 0 Å². The lowest BCUT2D eigenvalue weighted by atomic mass is 15.8. The van der Waals surface area contributed by atoms with Crippen LogP contribution in [-0.2, 0) is 41.3 Å². The molecule has 0 N–H and O–H groups in total. The van der Waals surface area contributed by atoms with Crippen LogP contribution in [0.5, 0.6) is 0 Å². The standard InChI is InChI=1S/H2O7S3/c1-8(2)6-10(5)7-9(3)4/h(H,1,2)(H,3,4)/p-2. The number of rotatable bonds is 4. The van der Waals surface area contributed by atoms with Gasteiger partial charge in [-0.05, 0) is 0 Å². The summed E-state index contributed by atoms with van der Waals surface area (Å²) in [5, 5.41) is 0.